The first kappa shape index (κ1) is 18.6. The number of aryl methyl sites for hydroxylation is 1. The number of benzene rings is 2. The summed E-state index contributed by atoms with van der Waals surface area (Å²) >= 11 is 0. The van der Waals surface area contributed by atoms with Crippen LogP contribution < -0.4 is 5.32 Å². The first-order valence-electron chi connectivity index (χ1n) is 9.79. The molecule has 0 fully saturated rings. The molecule has 7 nitrogen and oxygen atoms in total. The largest absolute Gasteiger partial charge is 0.322 e. The van der Waals surface area contributed by atoms with Crippen LogP contribution in [-0.4, -0.2) is 30.7 Å². The fourth-order valence-corrected chi connectivity index (χ4v) is 3.25. The van der Waals surface area contributed by atoms with Crippen molar-refractivity contribution in [1.82, 2.24) is 24.8 Å². The molecule has 2 aromatic carbocycles. The van der Waals surface area contributed by atoms with Gasteiger partial charge in [-0.3, -0.25) is 9.78 Å². The van der Waals surface area contributed by atoms with Crippen molar-refractivity contribution in [3.8, 4) is 22.6 Å². The van der Waals surface area contributed by atoms with Crippen LogP contribution in [0.3, 0.4) is 0 Å². The highest BCUT2D eigenvalue weighted by molar-refractivity contribution is 6.04. The van der Waals surface area contributed by atoms with Gasteiger partial charge in [0.2, 0.25) is 0 Å². The van der Waals surface area contributed by atoms with Crippen LogP contribution in [0.5, 0.6) is 0 Å². The summed E-state index contributed by atoms with van der Waals surface area (Å²) in [7, 11) is 0. The second-order valence-electron chi connectivity index (χ2n) is 7.15. The zero-order chi connectivity index (χ0) is 21.2. The predicted molar refractivity (Wildman–Crippen MR) is 119 cm³/mol. The number of nitrogens with zero attached hydrogens (tertiary/aromatic N) is 5. The van der Waals surface area contributed by atoms with Crippen molar-refractivity contribution in [3.05, 3.63) is 96.3 Å². The Morgan fingerprint density at radius 1 is 0.871 bits per heavy atom. The van der Waals surface area contributed by atoms with E-state index in [9.17, 15) is 4.79 Å². The molecule has 5 aromatic rings. The fraction of sp³-hybridized carbons (Fsp3) is 0.0417. The van der Waals surface area contributed by atoms with Crippen molar-refractivity contribution in [3.63, 3.8) is 0 Å². The van der Waals surface area contributed by atoms with Gasteiger partial charge in [0.1, 0.15) is 0 Å². The van der Waals surface area contributed by atoms with E-state index in [2.05, 4.69) is 20.5 Å². The quantitative estimate of drug-likeness (QED) is 0.478. The molecule has 0 saturated carbocycles. The molecule has 0 aliphatic heterocycles. The van der Waals surface area contributed by atoms with Crippen LogP contribution in [0.1, 0.15) is 15.9 Å². The molecule has 0 spiro atoms. The normalized spacial score (nSPS) is 10.9. The highest BCUT2D eigenvalue weighted by Gasteiger charge is 2.11. The standard InChI is InChI=1S/C24H18N6O/c1-16-4-6-18(7-5-16)24(31)26-20-10-8-17(9-11-20)21-12-13-22-27-28-23(30(22)29-21)19-3-2-14-25-15-19/h2-15H,1H3,(H,26,31). The molecule has 7 heteroatoms. The van der Waals surface area contributed by atoms with Crippen molar-refractivity contribution in [2.45, 2.75) is 6.92 Å². The van der Waals surface area contributed by atoms with Gasteiger partial charge in [-0.1, -0.05) is 29.8 Å². The summed E-state index contributed by atoms with van der Waals surface area (Å²) in [5.41, 5.74) is 5.64. The molecule has 3 heterocycles. The third-order valence-corrected chi connectivity index (χ3v) is 4.93. The highest BCUT2D eigenvalue weighted by Crippen LogP contribution is 2.22. The molecule has 1 amide bonds. The smallest absolute Gasteiger partial charge is 0.255 e. The first-order chi connectivity index (χ1) is 15.2. The number of pyridine rings is 1. The van der Waals surface area contributed by atoms with Gasteiger partial charge in [-0.15, -0.1) is 10.2 Å². The molecular formula is C24H18N6O. The lowest BCUT2D eigenvalue weighted by Crippen LogP contribution is -2.11. The van der Waals surface area contributed by atoms with Gasteiger partial charge < -0.3 is 5.32 Å². The fourth-order valence-electron chi connectivity index (χ4n) is 3.25. The molecule has 5 rings (SSSR count). The van der Waals surface area contributed by atoms with Gasteiger partial charge in [0.05, 0.1) is 5.69 Å². The SMILES string of the molecule is Cc1ccc(C(=O)Nc2ccc(-c3ccc4nnc(-c5cccnc5)n4n3)cc2)cc1. The molecule has 1 N–H and O–H groups in total. The maximum Gasteiger partial charge on any atom is 0.255 e. The van der Waals surface area contributed by atoms with E-state index in [0.29, 0.717) is 17.0 Å². The molecule has 0 unspecified atom stereocenters. The Kier molecular flexibility index (Phi) is 4.68. The number of hydrogen-bond donors (Lipinski definition) is 1. The summed E-state index contributed by atoms with van der Waals surface area (Å²) in [6, 6.07) is 22.6. The van der Waals surface area contributed by atoms with Crippen LogP contribution in [-0.2, 0) is 0 Å². The van der Waals surface area contributed by atoms with Gasteiger partial charge in [0.25, 0.3) is 5.91 Å². The monoisotopic (exact) mass is 406 g/mol. The van der Waals surface area contributed by atoms with E-state index in [1.807, 2.05) is 79.7 Å². The Hall–Kier alpha value is -4.39. The Bertz CT molecular complexity index is 1360. The first-order valence-corrected chi connectivity index (χ1v) is 9.79. The van der Waals surface area contributed by atoms with Crippen molar-refractivity contribution < 1.29 is 4.79 Å². The molecule has 0 atom stereocenters. The Balaban J connectivity index is 1.40. The number of anilines is 1. The second-order valence-corrected chi connectivity index (χ2v) is 7.15. The number of carbonyl (C=O) groups excluding carboxylic acids is 1. The lowest BCUT2D eigenvalue weighted by atomic mass is 10.1. The third kappa shape index (κ3) is 3.76. The summed E-state index contributed by atoms with van der Waals surface area (Å²) in [5.74, 6) is 0.491. The molecule has 150 valence electrons. The number of carbonyl (C=O) groups is 1. The van der Waals surface area contributed by atoms with E-state index in [1.54, 1.807) is 16.9 Å². The predicted octanol–water partition coefficient (Wildman–Crippen LogP) is 4.41. The zero-order valence-electron chi connectivity index (χ0n) is 16.7. The van der Waals surface area contributed by atoms with Crippen LogP contribution in [0.2, 0.25) is 0 Å². The van der Waals surface area contributed by atoms with Gasteiger partial charge >= 0.3 is 0 Å². The number of amides is 1. The Labute approximate surface area is 178 Å². The lowest BCUT2D eigenvalue weighted by molar-refractivity contribution is 0.102. The van der Waals surface area contributed by atoms with Gasteiger partial charge in [-0.2, -0.15) is 9.61 Å². The van der Waals surface area contributed by atoms with Crippen LogP contribution in [0.25, 0.3) is 28.3 Å². The summed E-state index contributed by atoms with van der Waals surface area (Å²) in [5, 5.41) is 16.1. The van der Waals surface area contributed by atoms with Gasteiger partial charge in [0, 0.05) is 34.8 Å². The number of aromatic nitrogens is 5. The van der Waals surface area contributed by atoms with Gasteiger partial charge in [-0.05, 0) is 55.5 Å². The van der Waals surface area contributed by atoms with Crippen molar-refractivity contribution >= 4 is 17.2 Å². The molecule has 3 aromatic heterocycles. The Morgan fingerprint density at radius 2 is 1.68 bits per heavy atom. The van der Waals surface area contributed by atoms with Crippen LogP contribution in [0.4, 0.5) is 5.69 Å². The number of fused-ring (bicyclic) bond motifs is 1. The molecule has 0 bridgehead atoms. The van der Waals surface area contributed by atoms with Crippen LogP contribution >= 0.6 is 0 Å². The summed E-state index contributed by atoms with van der Waals surface area (Å²) in [4.78, 5) is 16.6. The van der Waals surface area contributed by atoms with Crippen LogP contribution in [0, 0.1) is 6.92 Å². The van der Waals surface area contributed by atoms with E-state index in [-0.39, 0.29) is 5.91 Å². The average molecular weight is 406 g/mol. The van der Waals surface area contributed by atoms with E-state index in [1.165, 1.54) is 0 Å². The maximum absolute atomic E-state index is 12.4. The molecule has 0 saturated heterocycles. The summed E-state index contributed by atoms with van der Waals surface area (Å²) in [6.45, 7) is 1.99. The molecule has 0 radical (unpaired) electrons. The minimum Gasteiger partial charge on any atom is -0.322 e. The van der Waals surface area contributed by atoms with E-state index in [0.717, 1.165) is 28.1 Å². The molecule has 0 aliphatic rings. The van der Waals surface area contributed by atoms with Crippen molar-refractivity contribution in [2.24, 2.45) is 0 Å². The average Bonchev–Trinajstić information content (AvgIpc) is 3.24. The lowest BCUT2D eigenvalue weighted by Gasteiger charge is -2.07. The third-order valence-electron chi connectivity index (χ3n) is 4.93. The highest BCUT2D eigenvalue weighted by atomic mass is 16.1. The minimum absolute atomic E-state index is 0.141. The van der Waals surface area contributed by atoms with Crippen LogP contribution in [0.15, 0.2) is 85.2 Å². The van der Waals surface area contributed by atoms with E-state index < -0.39 is 0 Å². The van der Waals surface area contributed by atoms with Gasteiger partial charge in [0.15, 0.2) is 11.5 Å². The van der Waals surface area contributed by atoms with E-state index >= 15 is 0 Å². The van der Waals surface area contributed by atoms with Crippen molar-refractivity contribution in [2.75, 3.05) is 5.32 Å². The van der Waals surface area contributed by atoms with E-state index in [4.69, 9.17) is 5.10 Å². The topological polar surface area (TPSA) is 85.1 Å². The number of nitrogens with one attached hydrogen (secondary N) is 1. The number of hydrogen-bond acceptors (Lipinski definition) is 5. The number of rotatable bonds is 4. The maximum atomic E-state index is 12.4. The summed E-state index contributed by atoms with van der Waals surface area (Å²) in [6.07, 6.45) is 3.45. The zero-order valence-corrected chi connectivity index (χ0v) is 16.7. The molecular weight excluding hydrogens is 388 g/mol. The van der Waals surface area contributed by atoms with Crippen molar-refractivity contribution in [1.29, 1.82) is 0 Å². The Morgan fingerprint density at radius 3 is 2.42 bits per heavy atom. The minimum atomic E-state index is -0.141. The summed E-state index contributed by atoms with van der Waals surface area (Å²) < 4.78 is 1.71. The second kappa shape index (κ2) is 7.79. The molecule has 31 heavy (non-hydrogen) atoms. The van der Waals surface area contributed by atoms with Gasteiger partial charge in [-0.25, -0.2) is 0 Å². The molecule has 0 aliphatic carbocycles.